The van der Waals surface area contributed by atoms with Gasteiger partial charge in [-0.1, -0.05) is 25.7 Å². The molecule has 2 aliphatic rings. The fourth-order valence-corrected chi connectivity index (χ4v) is 1.44. The zero-order chi connectivity index (χ0) is 7.07. The summed E-state index contributed by atoms with van der Waals surface area (Å²) < 4.78 is 0. The summed E-state index contributed by atoms with van der Waals surface area (Å²) in [6, 6.07) is 0. The van der Waals surface area contributed by atoms with Crippen molar-refractivity contribution in [2.75, 3.05) is 0 Å². The van der Waals surface area contributed by atoms with E-state index in [2.05, 4.69) is 12.8 Å². The quantitative estimate of drug-likeness (QED) is 0.415. The van der Waals surface area contributed by atoms with E-state index in [1.807, 2.05) is 0 Å². The van der Waals surface area contributed by atoms with Gasteiger partial charge in [-0.15, -0.1) is 0 Å². The van der Waals surface area contributed by atoms with Crippen LogP contribution in [0, 0.1) is 27.7 Å². The Morgan fingerprint density at radius 3 is 0.846 bits per heavy atom. The van der Waals surface area contributed by atoms with E-state index in [0.29, 0.717) is 0 Å². The van der Waals surface area contributed by atoms with Gasteiger partial charge >= 0.3 is 21.7 Å². The van der Waals surface area contributed by atoms with Gasteiger partial charge in [0.1, 0.15) is 0 Å². The van der Waals surface area contributed by atoms with Crippen LogP contribution in [0.5, 0.6) is 0 Å². The maximum atomic E-state index is 2.36. The van der Waals surface area contributed by atoms with E-state index in [4.69, 9.17) is 0 Å². The van der Waals surface area contributed by atoms with Crippen molar-refractivity contribution in [1.82, 2.24) is 0 Å². The molecule has 76 valence electrons. The molecule has 0 atom stereocenters. The van der Waals surface area contributed by atoms with Crippen molar-refractivity contribution in [2.45, 2.75) is 51.4 Å². The van der Waals surface area contributed by atoms with Gasteiger partial charge < -0.3 is 27.7 Å². The second-order valence-electron chi connectivity index (χ2n) is 3.15. The van der Waals surface area contributed by atoms with Gasteiger partial charge in [0.25, 0.3) is 0 Å². The van der Waals surface area contributed by atoms with Gasteiger partial charge in [0, 0.05) is 0 Å². The Hall–Kier alpha value is 0.714. The van der Waals surface area contributed by atoms with E-state index in [-0.39, 0.29) is 36.6 Å². The molecule has 2 rings (SSSR count). The molecular weight excluding hydrogens is 192 g/mol. The van der Waals surface area contributed by atoms with Crippen molar-refractivity contribution in [3.05, 3.63) is 27.7 Å². The average Bonchev–Trinajstić information content (AvgIpc) is 2.67. The predicted molar refractivity (Wildman–Crippen MR) is 58.4 cm³/mol. The van der Waals surface area contributed by atoms with Crippen LogP contribution in [0.2, 0.25) is 0 Å². The van der Waals surface area contributed by atoms with Crippen LogP contribution in [-0.4, -0.2) is 0 Å². The number of hydrogen-bond acceptors (Lipinski definition) is 0. The van der Waals surface area contributed by atoms with Gasteiger partial charge in [0.2, 0.25) is 0 Å². The smallest absolute Gasteiger partial charge is 0.358 e. The van der Waals surface area contributed by atoms with Gasteiger partial charge in [-0.3, -0.25) is 0 Å². The van der Waals surface area contributed by atoms with E-state index in [9.17, 15) is 0 Å². The minimum atomic E-state index is 0. The first-order valence-electron chi connectivity index (χ1n) is 4.63. The van der Waals surface area contributed by atoms with Crippen molar-refractivity contribution >= 4 is 0 Å². The van der Waals surface area contributed by atoms with E-state index >= 15 is 0 Å². The Kier molecular flexibility index (Phi) is 22.6. The molecule has 2 fully saturated rings. The summed E-state index contributed by atoms with van der Waals surface area (Å²) in [7, 11) is 0. The zero-order valence-corrected chi connectivity index (χ0v) is 10.9. The van der Waals surface area contributed by atoms with E-state index in [1.165, 1.54) is 51.4 Å². The van der Waals surface area contributed by atoms with Crippen LogP contribution in [0.15, 0.2) is 0 Å². The summed E-state index contributed by atoms with van der Waals surface area (Å²) in [5.74, 6) is 0. The van der Waals surface area contributed by atoms with Crippen LogP contribution < -0.4 is 0 Å². The number of hydrogen-bond donors (Lipinski definition) is 0. The Morgan fingerprint density at radius 1 is 0.538 bits per heavy atom. The van der Waals surface area contributed by atoms with E-state index < -0.39 is 0 Å². The molecule has 0 aromatic carbocycles. The molecule has 13 heavy (non-hydrogen) atoms. The predicted octanol–water partition coefficient (Wildman–Crippen LogP) is 4.43. The molecule has 0 spiro atoms. The van der Waals surface area contributed by atoms with Gasteiger partial charge in [-0.2, -0.15) is 25.7 Å². The molecule has 0 saturated heterocycles. The molecule has 0 bridgehead atoms. The average molecular weight is 216 g/mol. The Bertz CT molecular complexity index is 38.3. The first-order chi connectivity index (χ1) is 5.00. The van der Waals surface area contributed by atoms with Crippen LogP contribution in [0.25, 0.3) is 0 Å². The molecule has 0 aromatic heterocycles. The van der Waals surface area contributed by atoms with Gasteiger partial charge in [0.05, 0.1) is 0 Å². The van der Waals surface area contributed by atoms with Crippen molar-refractivity contribution in [1.29, 1.82) is 0 Å². The second kappa shape index (κ2) is 15.2. The molecular formula is C12H24Ti. The largest absolute Gasteiger partial charge is 4.00 e. The zero-order valence-electron chi connectivity index (χ0n) is 9.31. The third kappa shape index (κ3) is 12.7. The van der Waals surface area contributed by atoms with Crippen molar-refractivity contribution in [3.63, 3.8) is 0 Å². The Labute approximate surface area is 101 Å². The molecule has 0 heterocycles. The number of rotatable bonds is 0. The summed E-state index contributed by atoms with van der Waals surface area (Å²) in [5, 5.41) is 0. The first kappa shape index (κ1) is 19.3. The van der Waals surface area contributed by atoms with Gasteiger partial charge in [-0.05, 0) is 0 Å². The Morgan fingerprint density at radius 2 is 0.769 bits per heavy atom. The third-order valence-corrected chi connectivity index (χ3v) is 2.13. The summed E-state index contributed by atoms with van der Waals surface area (Å²) in [5.41, 5.74) is 0. The maximum Gasteiger partial charge on any atom is 4.00 e. The normalized spacial score (nSPS) is 18.5. The summed E-state index contributed by atoms with van der Waals surface area (Å²) in [4.78, 5) is 0. The molecule has 0 aliphatic heterocycles. The topological polar surface area (TPSA) is 0 Å². The fraction of sp³-hybridized carbons (Fsp3) is 0.667. The van der Waals surface area contributed by atoms with E-state index in [0.717, 1.165) is 0 Å². The van der Waals surface area contributed by atoms with Crippen molar-refractivity contribution in [2.24, 2.45) is 0 Å². The molecule has 0 N–H and O–H groups in total. The minimum Gasteiger partial charge on any atom is -0.358 e. The summed E-state index contributed by atoms with van der Waals surface area (Å²) >= 11 is 0. The molecule has 2 saturated carbocycles. The van der Waals surface area contributed by atoms with Crippen molar-refractivity contribution < 1.29 is 21.7 Å². The molecule has 0 amide bonds. The van der Waals surface area contributed by atoms with Crippen molar-refractivity contribution in [3.8, 4) is 0 Å². The second-order valence-corrected chi connectivity index (χ2v) is 3.15. The van der Waals surface area contributed by atoms with Gasteiger partial charge in [-0.25, -0.2) is 0 Å². The fourth-order valence-electron chi connectivity index (χ4n) is 1.44. The molecule has 0 nitrogen and oxygen atoms in total. The molecule has 0 radical (unpaired) electrons. The van der Waals surface area contributed by atoms with Crippen LogP contribution >= 0.6 is 0 Å². The van der Waals surface area contributed by atoms with Gasteiger partial charge in [0.15, 0.2) is 0 Å². The molecule has 0 aromatic rings. The van der Waals surface area contributed by atoms with Crippen LogP contribution in [0.1, 0.15) is 51.4 Å². The molecule has 1 heteroatoms. The summed E-state index contributed by atoms with van der Waals surface area (Å²) in [6.45, 7) is 0. The Balaban J connectivity index is -0.000000125. The minimum absolute atomic E-state index is 0. The van der Waals surface area contributed by atoms with E-state index in [1.54, 1.807) is 0 Å². The third-order valence-electron chi connectivity index (χ3n) is 2.13. The van der Waals surface area contributed by atoms with Crippen LogP contribution in [-0.2, 0) is 21.7 Å². The van der Waals surface area contributed by atoms with Crippen LogP contribution in [0.3, 0.4) is 0 Å². The van der Waals surface area contributed by atoms with Crippen LogP contribution in [0.4, 0.5) is 0 Å². The SMILES string of the molecule is [CH-]1CCCC1.[CH-]1CCCC1.[CH3-].[CH3-].[Ti+4]. The standard InChI is InChI=1S/2C5H9.2CH3.Ti/c2*1-2-4-5-3-1;;;/h2*1H,2-5H2;2*1H3;/q4*-1;+4. The maximum absolute atomic E-state index is 2.36. The molecule has 0 unspecified atom stereocenters. The first-order valence-corrected chi connectivity index (χ1v) is 4.63. The monoisotopic (exact) mass is 216 g/mol. The summed E-state index contributed by atoms with van der Waals surface area (Å²) in [6.07, 6.45) is 16.0. The molecule has 2 aliphatic carbocycles.